The molecule has 0 bridgehead atoms. The quantitative estimate of drug-likeness (QED) is 0.583. The Morgan fingerprint density at radius 1 is 1.25 bits per heavy atom. The Labute approximate surface area is 95.2 Å². The topological polar surface area (TPSA) is 56.3 Å². The molecule has 1 aromatic rings. The summed E-state index contributed by atoms with van der Waals surface area (Å²) in [5.74, 6) is 6.75. The van der Waals surface area contributed by atoms with Crippen LogP contribution in [-0.2, 0) is 6.54 Å². The maximum Gasteiger partial charge on any atom is 0.224 e. The SMILES string of the molecule is CC#CCNCc1c(OC)ncnc1OC. The van der Waals surface area contributed by atoms with Crippen molar-refractivity contribution in [1.82, 2.24) is 15.3 Å². The second-order valence-corrected chi connectivity index (χ2v) is 2.90. The van der Waals surface area contributed by atoms with Crippen LogP contribution in [0.3, 0.4) is 0 Å². The molecule has 1 heterocycles. The normalized spacial score (nSPS) is 9.19. The molecule has 0 fully saturated rings. The summed E-state index contributed by atoms with van der Waals surface area (Å²) < 4.78 is 10.3. The highest BCUT2D eigenvalue weighted by molar-refractivity contribution is 5.34. The van der Waals surface area contributed by atoms with E-state index in [1.807, 2.05) is 0 Å². The number of nitrogens with zero attached hydrogens (tertiary/aromatic N) is 2. The highest BCUT2D eigenvalue weighted by Gasteiger charge is 2.11. The third kappa shape index (κ3) is 3.11. The van der Waals surface area contributed by atoms with Crippen LogP contribution in [0.1, 0.15) is 12.5 Å². The largest absolute Gasteiger partial charge is 0.481 e. The predicted octanol–water partition coefficient (Wildman–Crippen LogP) is 0.607. The van der Waals surface area contributed by atoms with E-state index in [-0.39, 0.29) is 0 Å². The van der Waals surface area contributed by atoms with Crippen molar-refractivity contribution >= 4 is 0 Å². The summed E-state index contributed by atoms with van der Waals surface area (Å²) in [6, 6.07) is 0. The zero-order chi connectivity index (χ0) is 11.8. The molecule has 16 heavy (non-hydrogen) atoms. The van der Waals surface area contributed by atoms with Gasteiger partial charge in [0.1, 0.15) is 6.33 Å². The molecule has 0 spiro atoms. The van der Waals surface area contributed by atoms with Crippen LogP contribution in [0.5, 0.6) is 11.8 Å². The number of methoxy groups -OCH3 is 2. The average Bonchev–Trinajstić information content (AvgIpc) is 2.34. The molecule has 0 saturated heterocycles. The van der Waals surface area contributed by atoms with E-state index in [2.05, 4.69) is 27.1 Å². The lowest BCUT2D eigenvalue weighted by Gasteiger charge is -2.10. The third-order valence-corrected chi connectivity index (χ3v) is 1.94. The van der Waals surface area contributed by atoms with E-state index < -0.39 is 0 Å². The lowest BCUT2D eigenvalue weighted by molar-refractivity contribution is 0.360. The zero-order valence-corrected chi connectivity index (χ0v) is 9.70. The number of hydrogen-bond acceptors (Lipinski definition) is 5. The summed E-state index contributed by atoms with van der Waals surface area (Å²) in [4.78, 5) is 8.03. The summed E-state index contributed by atoms with van der Waals surface area (Å²) in [6.07, 6.45) is 1.41. The van der Waals surface area contributed by atoms with E-state index in [0.717, 1.165) is 5.56 Å². The molecule has 0 unspecified atom stereocenters. The van der Waals surface area contributed by atoms with Crippen molar-refractivity contribution in [1.29, 1.82) is 0 Å². The lowest BCUT2D eigenvalue weighted by Crippen LogP contribution is -2.15. The molecule has 5 heteroatoms. The van der Waals surface area contributed by atoms with E-state index in [4.69, 9.17) is 9.47 Å². The summed E-state index contributed by atoms with van der Waals surface area (Å²) in [5, 5.41) is 3.14. The van der Waals surface area contributed by atoms with Crippen molar-refractivity contribution in [2.45, 2.75) is 13.5 Å². The van der Waals surface area contributed by atoms with Gasteiger partial charge in [0.25, 0.3) is 0 Å². The Bertz CT molecular complexity index is 374. The molecule has 86 valence electrons. The van der Waals surface area contributed by atoms with Gasteiger partial charge in [-0.05, 0) is 6.92 Å². The van der Waals surface area contributed by atoms with Gasteiger partial charge in [0.15, 0.2) is 0 Å². The minimum atomic E-state index is 0.517. The van der Waals surface area contributed by atoms with Crippen LogP contribution in [0.15, 0.2) is 6.33 Å². The fourth-order valence-corrected chi connectivity index (χ4v) is 1.22. The molecule has 0 amide bonds. The monoisotopic (exact) mass is 221 g/mol. The number of hydrogen-bond donors (Lipinski definition) is 1. The van der Waals surface area contributed by atoms with Gasteiger partial charge in [0.2, 0.25) is 11.8 Å². The van der Waals surface area contributed by atoms with Gasteiger partial charge in [-0.15, -0.1) is 5.92 Å². The van der Waals surface area contributed by atoms with Crippen LogP contribution < -0.4 is 14.8 Å². The fraction of sp³-hybridized carbons (Fsp3) is 0.455. The Morgan fingerprint density at radius 2 is 1.88 bits per heavy atom. The Balaban J connectivity index is 2.77. The molecule has 0 aliphatic carbocycles. The molecule has 0 aliphatic heterocycles. The Hall–Kier alpha value is -1.80. The molecule has 5 nitrogen and oxygen atoms in total. The number of nitrogens with one attached hydrogen (secondary N) is 1. The van der Waals surface area contributed by atoms with Crippen LogP contribution in [0.2, 0.25) is 0 Å². The van der Waals surface area contributed by atoms with Crippen molar-refractivity contribution in [2.75, 3.05) is 20.8 Å². The minimum absolute atomic E-state index is 0.517. The molecule has 0 aliphatic rings. The van der Waals surface area contributed by atoms with E-state index in [1.54, 1.807) is 21.1 Å². The van der Waals surface area contributed by atoms with Gasteiger partial charge in [0, 0.05) is 6.54 Å². The highest BCUT2D eigenvalue weighted by Crippen LogP contribution is 2.22. The summed E-state index contributed by atoms with van der Waals surface area (Å²) >= 11 is 0. The van der Waals surface area contributed by atoms with Crippen molar-refractivity contribution in [3.05, 3.63) is 11.9 Å². The van der Waals surface area contributed by atoms with Gasteiger partial charge < -0.3 is 14.8 Å². The highest BCUT2D eigenvalue weighted by atomic mass is 16.5. The van der Waals surface area contributed by atoms with Crippen molar-refractivity contribution in [3.8, 4) is 23.6 Å². The number of ether oxygens (including phenoxy) is 2. The molecular formula is C11H15N3O2. The van der Waals surface area contributed by atoms with Crippen LogP contribution in [0.4, 0.5) is 0 Å². The smallest absolute Gasteiger partial charge is 0.224 e. The molecule has 0 radical (unpaired) electrons. The van der Waals surface area contributed by atoms with E-state index >= 15 is 0 Å². The molecule has 0 atom stereocenters. The standard InChI is InChI=1S/C11H15N3O2/c1-4-5-6-12-7-9-10(15-2)13-8-14-11(9)16-3/h8,12H,6-7H2,1-3H3. The van der Waals surface area contributed by atoms with E-state index in [9.17, 15) is 0 Å². The second kappa shape index (κ2) is 6.64. The molecule has 1 N–H and O–H groups in total. The molecule has 0 saturated carbocycles. The van der Waals surface area contributed by atoms with Crippen molar-refractivity contribution < 1.29 is 9.47 Å². The van der Waals surface area contributed by atoms with Gasteiger partial charge in [-0.25, -0.2) is 9.97 Å². The number of rotatable bonds is 5. The summed E-state index contributed by atoms with van der Waals surface area (Å²) in [7, 11) is 3.13. The third-order valence-electron chi connectivity index (χ3n) is 1.94. The molecule has 0 aromatic carbocycles. The maximum atomic E-state index is 5.14. The average molecular weight is 221 g/mol. The second-order valence-electron chi connectivity index (χ2n) is 2.90. The van der Waals surface area contributed by atoms with Crippen LogP contribution >= 0.6 is 0 Å². The van der Waals surface area contributed by atoms with Crippen LogP contribution in [0, 0.1) is 11.8 Å². The van der Waals surface area contributed by atoms with Gasteiger partial charge in [-0.3, -0.25) is 0 Å². The van der Waals surface area contributed by atoms with Gasteiger partial charge in [0.05, 0.1) is 26.3 Å². The minimum Gasteiger partial charge on any atom is -0.481 e. The molecule has 1 aromatic heterocycles. The Kier molecular flexibility index (Phi) is 5.09. The van der Waals surface area contributed by atoms with Crippen molar-refractivity contribution in [3.63, 3.8) is 0 Å². The van der Waals surface area contributed by atoms with E-state index in [0.29, 0.717) is 24.8 Å². The van der Waals surface area contributed by atoms with Gasteiger partial charge in [-0.2, -0.15) is 0 Å². The molecule has 1 rings (SSSR count). The van der Waals surface area contributed by atoms with Crippen LogP contribution in [-0.4, -0.2) is 30.7 Å². The first-order valence-corrected chi connectivity index (χ1v) is 4.85. The Morgan fingerprint density at radius 3 is 2.38 bits per heavy atom. The van der Waals surface area contributed by atoms with Gasteiger partial charge in [-0.1, -0.05) is 5.92 Å². The predicted molar refractivity (Wildman–Crippen MR) is 60.3 cm³/mol. The van der Waals surface area contributed by atoms with E-state index in [1.165, 1.54) is 6.33 Å². The molecular weight excluding hydrogens is 206 g/mol. The van der Waals surface area contributed by atoms with Crippen LogP contribution in [0.25, 0.3) is 0 Å². The zero-order valence-electron chi connectivity index (χ0n) is 9.70. The first-order chi connectivity index (χ1) is 7.83. The fourth-order valence-electron chi connectivity index (χ4n) is 1.22. The van der Waals surface area contributed by atoms with Gasteiger partial charge >= 0.3 is 0 Å². The summed E-state index contributed by atoms with van der Waals surface area (Å²) in [5.41, 5.74) is 0.797. The number of aromatic nitrogens is 2. The maximum absolute atomic E-state index is 5.14. The summed E-state index contributed by atoms with van der Waals surface area (Å²) in [6.45, 7) is 2.97. The van der Waals surface area contributed by atoms with Crippen molar-refractivity contribution in [2.24, 2.45) is 0 Å². The lowest BCUT2D eigenvalue weighted by atomic mass is 10.3. The first-order valence-electron chi connectivity index (χ1n) is 4.85. The first kappa shape index (κ1) is 12.3.